The van der Waals surface area contributed by atoms with E-state index >= 15 is 0 Å². The van der Waals surface area contributed by atoms with Crippen molar-refractivity contribution in [3.8, 4) is 5.75 Å². The van der Waals surface area contributed by atoms with Crippen molar-refractivity contribution in [1.29, 1.82) is 0 Å². The van der Waals surface area contributed by atoms with Gasteiger partial charge in [0.2, 0.25) is 5.89 Å². The van der Waals surface area contributed by atoms with Crippen LogP contribution in [0.25, 0.3) is 11.1 Å². The summed E-state index contributed by atoms with van der Waals surface area (Å²) in [4.78, 5) is 4.51. The second-order valence-electron chi connectivity index (χ2n) is 4.89. The smallest absolute Gasteiger partial charge is 0.205 e. The van der Waals surface area contributed by atoms with E-state index in [1.54, 1.807) is 7.11 Å². The Bertz CT molecular complexity index is 581. The van der Waals surface area contributed by atoms with Crippen LogP contribution in [0.3, 0.4) is 0 Å². The topological polar surface area (TPSA) is 70.5 Å². The molecule has 1 aliphatic rings. The maximum atomic E-state index is 6.07. The van der Waals surface area contributed by atoms with Gasteiger partial charge in [-0.1, -0.05) is 0 Å². The van der Waals surface area contributed by atoms with Crippen LogP contribution >= 0.6 is 0 Å². The summed E-state index contributed by atoms with van der Waals surface area (Å²) < 4.78 is 16.4. The van der Waals surface area contributed by atoms with E-state index in [0.29, 0.717) is 24.7 Å². The molecule has 96 valence electrons. The van der Waals surface area contributed by atoms with Gasteiger partial charge in [-0.25, -0.2) is 4.98 Å². The van der Waals surface area contributed by atoms with Crippen LogP contribution in [0.5, 0.6) is 5.75 Å². The Kier molecular flexibility index (Phi) is 2.53. The number of nitrogens with two attached hydrogens (primary N) is 1. The lowest BCUT2D eigenvalue weighted by molar-refractivity contribution is 0.173. The van der Waals surface area contributed by atoms with Crippen LogP contribution in [0.2, 0.25) is 0 Å². The van der Waals surface area contributed by atoms with Gasteiger partial charge in [0, 0.05) is 12.1 Å². The molecule has 5 nitrogen and oxygen atoms in total. The van der Waals surface area contributed by atoms with Crippen LogP contribution in [0.1, 0.15) is 12.8 Å². The maximum Gasteiger partial charge on any atom is 0.205 e. The molecule has 0 aliphatic carbocycles. The predicted octanol–water partition coefficient (Wildman–Crippen LogP) is 1.45. The Hall–Kier alpha value is -1.59. The molecule has 1 fully saturated rings. The molecule has 0 radical (unpaired) electrons. The van der Waals surface area contributed by atoms with Gasteiger partial charge >= 0.3 is 0 Å². The molecule has 2 N–H and O–H groups in total. The van der Waals surface area contributed by atoms with Gasteiger partial charge in [-0.05, 0) is 19.1 Å². The SMILES string of the molecule is COc1ccc2nc(C3(C)COCC3N)oc2c1. The molecule has 18 heavy (non-hydrogen) atoms. The molecule has 0 spiro atoms. The van der Waals surface area contributed by atoms with Crippen molar-refractivity contribution in [3.05, 3.63) is 24.1 Å². The number of methoxy groups -OCH3 is 1. The number of aromatic nitrogens is 1. The van der Waals surface area contributed by atoms with Crippen LogP contribution in [0.15, 0.2) is 22.6 Å². The van der Waals surface area contributed by atoms with Crippen molar-refractivity contribution >= 4 is 11.1 Å². The minimum Gasteiger partial charge on any atom is -0.497 e. The quantitative estimate of drug-likeness (QED) is 0.871. The molecular formula is C13H16N2O3. The minimum absolute atomic E-state index is 0.0903. The van der Waals surface area contributed by atoms with Gasteiger partial charge in [-0.15, -0.1) is 0 Å². The average Bonchev–Trinajstić information content (AvgIpc) is 2.94. The van der Waals surface area contributed by atoms with Gasteiger partial charge in [0.1, 0.15) is 11.3 Å². The first-order valence-electron chi connectivity index (χ1n) is 5.92. The number of benzene rings is 1. The molecular weight excluding hydrogens is 232 g/mol. The van der Waals surface area contributed by atoms with Gasteiger partial charge in [0.25, 0.3) is 0 Å². The van der Waals surface area contributed by atoms with E-state index in [0.717, 1.165) is 11.3 Å². The van der Waals surface area contributed by atoms with Crippen LogP contribution in [0, 0.1) is 0 Å². The summed E-state index contributed by atoms with van der Waals surface area (Å²) in [6.45, 7) is 3.10. The second kappa shape index (κ2) is 3.96. The largest absolute Gasteiger partial charge is 0.497 e. The molecule has 2 atom stereocenters. The van der Waals surface area contributed by atoms with E-state index < -0.39 is 0 Å². The Labute approximate surface area is 105 Å². The number of oxazole rings is 1. The third kappa shape index (κ3) is 1.59. The maximum absolute atomic E-state index is 6.07. The minimum atomic E-state index is -0.355. The van der Waals surface area contributed by atoms with E-state index in [1.165, 1.54) is 0 Å². The molecule has 2 heterocycles. The first-order chi connectivity index (χ1) is 8.63. The summed E-state index contributed by atoms with van der Waals surface area (Å²) in [5.41, 5.74) is 7.24. The third-order valence-corrected chi connectivity index (χ3v) is 3.60. The molecule has 1 aromatic carbocycles. The van der Waals surface area contributed by atoms with Crippen molar-refractivity contribution in [2.45, 2.75) is 18.4 Å². The standard InChI is InChI=1S/C13H16N2O3/c1-13(7-17-6-11(13)14)12-15-9-4-3-8(16-2)5-10(9)18-12/h3-5,11H,6-7,14H2,1-2H3. The van der Waals surface area contributed by atoms with E-state index in [1.807, 2.05) is 25.1 Å². The molecule has 2 unspecified atom stereocenters. The highest BCUT2D eigenvalue weighted by molar-refractivity contribution is 5.74. The lowest BCUT2D eigenvalue weighted by Crippen LogP contribution is -2.42. The summed E-state index contributed by atoms with van der Waals surface area (Å²) in [6.07, 6.45) is 0. The van der Waals surface area contributed by atoms with Crippen molar-refractivity contribution in [2.24, 2.45) is 5.73 Å². The highest BCUT2D eigenvalue weighted by atomic mass is 16.5. The Morgan fingerprint density at radius 2 is 2.33 bits per heavy atom. The van der Waals surface area contributed by atoms with Crippen molar-refractivity contribution in [1.82, 2.24) is 4.98 Å². The Balaban J connectivity index is 2.08. The van der Waals surface area contributed by atoms with Gasteiger partial charge in [-0.3, -0.25) is 0 Å². The number of fused-ring (bicyclic) bond motifs is 1. The molecule has 5 heteroatoms. The number of nitrogens with zero attached hydrogens (tertiary/aromatic N) is 1. The summed E-state index contributed by atoms with van der Waals surface area (Å²) in [5.74, 6) is 1.39. The van der Waals surface area contributed by atoms with Crippen LogP contribution in [-0.4, -0.2) is 31.3 Å². The fourth-order valence-electron chi connectivity index (χ4n) is 2.19. The van der Waals surface area contributed by atoms with E-state index in [4.69, 9.17) is 19.6 Å². The average molecular weight is 248 g/mol. The van der Waals surface area contributed by atoms with Gasteiger partial charge in [0.05, 0.1) is 25.7 Å². The highest BCUT2D eigenvalue weighted by Crippen LogP contribution is 2.34. The first-order valence-corrected chi connectivity index (χ1v) is 5.92. The fraction of sp³-hybridized carbons (Fsp3) is 0.462. The number of hydrogen-bond donors (Lipinski definition) is 1. The van der Waals surface area contributed by atoms with E-state index in [2.05, 4.69) is 4.98 Å². The zero-order chi connectivity index (χ0) is 12.8. The van der Waals surface area contributed by atoms with E-state index in [9.17, 15) is 0 Å². The molecule has 3 rings (SSSR count). The Morgan fingerprint density at radius 3 is 3.00 bits per heavy atom. The van der Waals surface area contributed by atoms with Crippen LogP contribution < -0.4 is 10.5 Å². The van der Waals surface area contributed by atoms with E-state index in [-0.39, 0.29) is 11.5 Å². The van der Waals surface area contributed by atoms with Crippen LogP contribution in [0.4, 0.5) is 0 Å². The molecule has 0 amide bonds. The third-order valence-electron chi connectivity index (χ3n) is 3.60. The lowest BCUT2D eigenvalue weighted by atomic mass is 9.86. The number of hydrogen-bond acceptors (Lipinski definition) is 5. The normalized spacial score (nSPS) is 27.8. The molecule has 1 saturated heterocycles. The monoisotopic (exact) mass is 248 g/mol. The van der Waals surface area contributed by atoms with Gasteiger partial charge in [0.15, 0.2) is 5.58 Å². The fourth-order valence-corrected chi connectivity index (χ4v) is 2.19. The Morgan fingerprint density at radius 1 is 1.50 bits per heavy atom. The highest BCUT2D eigenvalue weighted by Gasteiger charge is 2.43. The van der Waals surface area contributed by atoms with Crippen LogP contribution in [-0.2, 0) is 10.2 Å². The molecule has 2 aromatic rings. The zero-order valence-electron chi connectivity index (χ0n) is 10.5. The van der Waals surface area contributed by atoms with Crippen molar-refractivity contribution < 1.29 is 13.9 Å². The molecule has 1 aromatic heterocycles. The lowest BCUT2D eigenvalue weighted by Gasteiger charge is -2.22. The number of rotatable bonds is 2. The molecule has 1 aliphatic heterocycles. The van der Waals surface area contributed by atoms with Gasteiger partial charge in [-0.2, -0.15) is 0 Å². The molecule has 0 saturated carbocycles. The number of ether oxygens (including phenoxy) is 2. The zero-order valence-corrected chi connectivity index (χ0v) is 10.5. The summed E-state index contributed by atoms with van der Waals surface area (Å²) in [6, 6.07) is 5.48. The summed E-state index contributed by atoms with van der Waals surface area (Å²) in [7, 11) is 1.63. The first kappa shape index (κ1) is 11.5. The second-order valence-corrected chi connectivity index (χ2v) is 4.89. The predicted molar refractivity (Wildman–Crippen MR) is 66.7 cm³/mol. The van der Waals surface area contributed by atoms with Crippen molar-refractivity contribution in [2.75, 3.05) is 20.3 Å². The van der Waals surface area contributed by atoms with Crippen molar-refractivity contribution in [3.63, 3.8) is 0 Å². The molecule has 0 bridgehead atoms. The van der Waals surface area contributed by atoms with Gasteiger partial charge < -0.3 is 19.6 Å². The summed E-state index contributed by atoms with van der Waals surface area (Å²) >= 11 is 0. The summed E-state index contributed by atoms with van der Waals surface area (Å²) in [5, 5.41) is 0.